The van der Waals surface area contributed by atoms with Crippen LogP contribution in [0.5, 0.6) is 11.5 Å². The molecule has 3 nitrogen and oxygen atoms in total. The van der Waals surface area contributed by atoms with Gasteiger partial charge in [0.25, 0.3) is 0 Å². The minimum atomic E-state index is 0.633. The van der Waals surface area contributed by atoms with Crippen molar-refractivity contribution < 1.29 is 9.47 Å². The molecule has 2 rings (SSSR count). The maximum Gasteiger partial charge on any atom is 0.175 e. The molecule has 0 atom stereocenters. The Morgan fingerprint density at radius 2 is 2.17 bits per heavy atom. The number of ether oxygens (including phenoxy) is 2. The monoisotopic (exact) mass is 313 g/mol. The van der Waals surface area contributed by atoms with Gasteiger partial charge in [-0.1, -0.05) is 0 Å². The van der Waals surface area contributed by atoms with E-state index in [1.54, 1.807) is 7.11 Å². The Morgan fingerprint density at radius 3 is 2.78 bits per heavy atom. The Hall–Kier alpha value is -0.740. The highest BCUT2D eigenvalue weighted by Crippen LogP contribution is 2.36. The predicted octanol–water partition coefficient (Wildman–Crippen LogP) is 3.36. The summed E-state index contributed by atoms with van der Waals surface area (Å²) >= 11 is 3.54. The molecule has 0 aromatic heterocycles. The molecule has 1 N–H and O–H groups in total. The van der Waals surface area contributed by atoms with Crippen molar-refractivity contribution in [3.8, 4) is 11.5 Å². The highest BCUT2D eigenvalue weighted by molar-refractivity contribution is 9.10. The third-order valence-electron chi connectivity index (χ3n) is 3.04. The third-order valence-corrected chi connectivity index (χ3v) is 3.63. The van der Waals surface area contributed by atoms with Gasteiger partial charge < -0.3 is 14.8 Å². The Balaban J connectivity index is 2.03. The van der Waals surface area contributed by atoms with E-state index < -0.39 is 0 Å². The molecule has 1 fully saturated rings. The molecule has 0 heterocycles. The first-order chi connectivity index (χ1) is 8.74. The first kappa shape index (κ1) is 13.7. The summed E-state index contributed by atoms with van der Waals surface area (Å²) in [7, 11) is 1.67. The van der Waals surface area contributed by atoms with Crippen molar-refractivity contribution in [2.45, 2.75) is 26.3 Å². The molecule has 100 valence electrons. The van der Waals surface area contributed by atoms with E-state index in [9.17, 15) is 0 Å². The molecule has 1 aliphatic carbocycles. The van der Waals surface area contributed by atoms with E-state index in [4.69, 9.17) is 9.47 Å². The van der Waals surface area contributed by atoms with Crippen LogP contribution in [0.4, 0.5) is 0 Å². The zero-order chi connectivity index (χ0) is 13.0. The van der Waals surface area contributed by atoms with Gasteiger partial charge in [-0.25, -0.2) is 0 Å². The van der Waals surface area contributed by atoms with Gasteiger partial charge >= 0.3 is 0 Å². The van der Waals surface area contributed by atoms with Gasteiger partial charge in [0.15, 0.2) is 11.5 Å². The van der Waals surface area contributed by atoms with Gasteiger partial charge in [0.05, 0.1) is 18.2 Å². The molecule has 1 aromatic carbocycles. The van der Waals surface area contributed by atoms with E-state index >= 15 is 0 Å². The lowest BCUT2D eigenvalue weighted by molar-refractivity contribution is 0.308. The largest absolute Gasteiger partial charge is 0.493 e. The number of methoxy groups -OCH3 is 1. The zero-order valence-corrected chi connectivity index (χ0v) is 12.5. The van der Waals surface area contributed by atoms with Crippen LogP contribution in [-0.4, -0.2) is 20.3 Å². The summed E-state index contributed by atoms with van der Waals surface area (Å²) in [5.74, 6) is 2.47. The predicted molar refractivity (Wildman–Crippen MR) is 76.3 cm³/mol. The minimum Gasteiger partial charge on any atom is -0.493 e. The first-order valence-electron chi connectivity index (χ1n) is 6.44. The maximum absolute atomic E-state index is 5.57. The normalized spacial score (nSPS) is 14.6. The summed E-state index contributed by atoms with van der Waals surface area (Å²) in [6.07, 6.45) is 2.76. The number of hydrogen-bond donors (Lipinski definition) is 1. The fraction of sp³-hybridized carbons (Fsp3) is 0.571. The summed E-state index contributed by atoms with van der Waals surface area (Å²) in [5, 5.41) is 3.48. The van der Waals surface area contributed by atoms with E-state index in [-0.39, 0.29) is 0 Å². The molecule has 18 heavy (non-hydrogen) atoms. The molecule has 0 spiro atoms. The number of halogens is 1. The van der Waals surface area contributed by atoms with Gasteiger partial charge in [-0.3, -0.25) is 0 Å². The van der Waals surface area contributed by atoms with Crippen molar-refractivity contribution in [1.82, 2.24) is 5.32 Å². The second kappa shape index (κ2) is 6.43. The van der Waals surface area contributed by atoms with Crippen LogP contribution in [0.25, 0.3) is 0 Å². The van der Waals surface area contributed by atoms with Gasteiger partial charge in [-0.15, -0.1) is 0 Å². The second-order valence-electron chi connectivity index (χ2n) is 4.62. The number of nitrogens with one attached hydrogen (secondary N) is 1. The smallest absolute Gasteiger partial charge is 0.175 e. The Bertz CT molecular complexity index is 405. The minimum absolute atomic E-state index is 0.633. The Morgan fingerprint density at radius 1 is 1.39 bits per heavy atom. The molecule has 0 bridgehead atoms. The van der Waals surface area contributed by atoms with Gasteiger partial charge in [0, 0.05) is 6.54 Å². The van der Waals surface area contributed by atoms with Crippen LogP contribution in [0.3, 0.4) is 0 Å². The number of rotatable bonds is 7. The molecule has 1 aliphatic rings. The van der Waals surface area contributed by atoms with Crippen molar-refractivity contribution in [3.05, 3.63) is 22.2 Å². The molecular formula is C14H20BrNO2. The highest BCUT2D eigenvalue weighted by Gasteiger charge is 2.20. The van der Waals surface area contributed by atoms with E-state index in [1.165, 1.54) is 18.4 Å². The van der Waals surface area contributed by atoms with Crippen molar-refractivity contribution in [3.63, 3.8) is 0 Å². The van der Waals surface area contributed by atoms with Crippen LogP contribution in [-0.2, 0) is 6.54 Å². The summed E-state index contributed by atoms with van der Waals surface area (Å²) in [5.41, 5.74) is 1.21. The van der Waals surface area contributed by atoms with E-state index in [0.29, 0.717) is 6.61 Å². The quantitative estimate of drug-likeness (QED) is 0.837. The SMILES string of the molecule is CCOc1c(Br)cc(CNCC2CC2)cc1OC. The summed E-state index contributed by atoms with van der Waals surface area (Å²) in [6, 6.07) is 4.13. The zero-order valence-electron chi connectivity index (χ0n) is 11.0. The molecule has 0 radical (unpaired) electrons. The first-order valence-corrected chi connectivity index (χ1v) is 7.23. The van der Waals surface area contributed by atoms with Crippen LogP contribution in [0, 0.1) is 5.92 Å². The number of benzene rings is 1. The Labute approximate surface area is 117 Å². The van der Waals surface area contributed by atoms with E-state index in [2.05, 4.69) is 27.3 Å². The lowest BCUT2D eigenvalue weighted by atomic mass is 10.2. The van der Waals surface area contributed by atoms with Crippen LogP contribution in [0.15, 0.2) is 16.6 Å². The molecule has 0 aliphatic heterocycles. The average molecular weight is 314 g/mol. The van der Waals surface area contributed by atoms with Crippen LogP contribution in [0.2, 0.25) is 0 Å². The van der Waals surface area contributed by atoms with Crippen LogP contribution in [0.1, 0.15) is 25.3 Å². The van der Waals surface area contributed by atoms with Crippen molar-refractivity contribution >= 4 is 15.9 Å². The molecule has 4 heteroatoms. The summed E-state index contributed by atoms with van der Waals surface area (Å²) in [4.78, 5) is 0. The topological polar surface area (TPSA) is 30.5 Å². The van der Waals surface area contributed by atoms with Gasteiger partial charge in [0.1, 0.15) is 0 Å². The maximum atomic E-state index is 5.57. The van der Waals surface area contributed by atoms with Gasteiger partial charge in [0.2, 0.25) is 0 Å². The van der Waals surface area contributed by atoms with Gasteiger partial charge in [-0.05, 0) is 65.9 Å². The molecule has 1 saturated carbocycles. The standard InChI is InChI=1S/C14H20BrNO2/c1-3-18-14-12(15)6-11(7-13(14)17-2)9-16-8-10-4-5-10/h6-7,10,16H,3-5,8-9H2,1-2H3. The molecule has 1 aromatic rings. The molecule has 0 unspecified atom stereocenters. The van der Waals surface area contributed by atoms with Crippen molar-refractivity contribution in [1.29, 1.82) is 0 Å². The fourth-order valence-corrected chi connectivity index (χ4v) is 2.51. The molecule has 0 amide bonds. The van der Waals surface area contributed by atoms with E-state index in [1.807, 2.05) is 13.0 Å². The highest BCUT2D eigenvalue weighted by atomic mass is 79.9. The Kier molecular flexibility index (Phi) is 4.89. The fourth-order valence-electron chi connectivity index (χ4n) is 1.90. The summed E-state index contributed by atoms with van der Waals surface area (Å²) < 4.78 is 11.9. The average Bonchev–Trinajstić information content (AvgIpc) is 3.16. The van der Waals surface area contributed by atoms with Crippen LogP contribution >= 0.6 is 15.9 Å². The third kappa shape index (κ3) is 3.62. The molecular weight excluding hydrogens is 294 g/mol. The van der Waals surface area contributed by atoms with E-state index in [0.717, 1.165) is 35.0 Å². The lowest BCUT2D eigenvalue weighted by Crippen LogP contribution is -2.16. The molecule has 0 saturated heterocycles. The number of hydrogen-bond acceptors (Lipinski definition) is 3. The van der Waals surface area contributed by atoms with Crippen molar-refractivity contribution in [2.24, 2.45) is 5.92 Å². The van der Waals surface area contributed by atoms with Crippen LogP contribution < -0.4 is 14.8 Å². The lowest BCUT2D eigenvalue weighted by Gasteiger charge is -2.13. The second-order valence-corrected chi connectivity index (χ2v) is 5.47. The van der Waals surface area contributed by atoms with Crippen molar-refractivity contribution in [2.75, 3.05) is 20.3 Å². The summed E-state index contributed by atoms with van der Waals surface area (Å²) in [6.45, 7) is 4.59. The van der Waals surface area contributed by atoms with Gasteiger partial charge in [-0.2, -0.15) is 0 Å².